The number of alkyl halides is 3. The van der Waals surface area contributed by atoms with Crippen molar-refractivity contribution in [1.29, 1.82) is 0 Å². The highest BCUT2D eigenvalue weighted by atomic mass is 19.4. The molecule has 29 heavy (non-hydrogen) atoms. The zero-order valence-corrected chi connectivity index (χ0v) is 15.7. The number of hydrogen-bond donors (Lipinski definition) is 3. The summed E-state index contributed by atoms with van der Waals surface area (Å²) in [6, 6.07) is 11.3. The smallest absolute Gasteiger partial charge is 0.398 e. The Kier molecular flexibility index (Phi) is 4.25. The third kappa shape index (κ3) is 3.39. The van der Waals surface area contributed by atoms with Gasteiger partial charge in [0.05, 0.1) is 29.0 Å². The molecule has 4 rings (SSSR count). The number of nitrogens with zero attached hydrogens (tertiary/aromatic N) is 3. The summed E-state index contributed by atoms with van der Waals surface area (Å²) in [6.07, 6.45) is -1.18. The first-order valence-corrected chi connectivity index (χ1v) is 8.88. The molecule has 1 aromatic heterocycles. The molecule has 4 N–H and O–H groups in total. The molecule has 1 atom stereocenters. The van der Waals surface area contributed by atoms with Gasteiger partial charge in [-0.15, -0.1) is 0 Å². The molecule has 1 aliphatic rings. The van der Waals surface area contributed by atoms with Crippen LogP contribution >= 0.6 is 0 Å². The number of halogens is 3. The summed E-state index contributed by atoms with van der Waals surface area (Å²) >= 11 is 0. The number of rotatable bonds is 3. The fraction of sp³-hybridized carbons (Fsp3) is 0.200. The van der Waals surface area contributed by atoms with Gasteiger partial charge in [-0.3, -0.25) is 9.56 Å². The number of aryl methyl sites for hydroxylation is 1. The molecule has 3 aromatic rings. The van der Waals surface area contributed by atoms with Gasteiger partial charge in [-0.25, -0.2) is 4.98 Å². The number of nitrogens with two attached hydrogens (primary N) is 1. The molecule has 0 saturated carbocycles. The third-order valence-corrected chi connectivity index (χ3v) is 4.75. The summed E-state index contributed by atoms with van der Waals surface area (Å²) < 4.78 is 40.7. The molecular formula is C20H19F3N6. The molecule has 0 bridgehead atoms. The summed E-state index contributed by atoms with van der Waals surface area (Å²) in [4.78, 5) is 8.90. The van der Waals surface area contributed by atoms with Crippen LogP contribution < -0.4 is 16.4 Å². The van der Waals surface area contributed by atoms with Crippen LogP contribution in [0.5, 0.6) is 0 Å². The van der Waals surface area contributed by atoms with Crippen molar-refractivity contribution in [2.75, 3.05) is 11.1 Å². The number of nitrogens with one attached hydrogen (secondary N) is 2. The van der Waals surface area contributed by atoms with E-state index in [1.165, 1.54) is 12.1 Å². The number of aliphatic imine (C=N–C) groups is 1. The Labute approximate surface area is 164 Å². The molecule has 0 spiro atoms. The Morgan fingerprint density at radius 3 is 2.66 bits per heavy atom. The van der Waals surface area contributed by atoms with E-state index in [-0.39, 0.29) is 5.69 Å². The Balaban J connectivity index is 1.62. The van der Waals surface area contributed by atoms with Crippen molar-refractivity contribution in [1.82, 2.24) is 14.9 Å². The van der Waals surface area contributed by atoms with E-state index in [1.54, 1.807) is 12.4 Å². The van der Waals surface area contributed by atoms with Crippen molar-refractivity contribution in [3.05, 3.63) is 65.9 Å². The number of para-hydroxylation sites is 2. The second kappa shape index (κ2) is 6.54. The van der Waals surface area contributed by atoms with Gasteiger partial charge in [0.25, 0.3) is 0 Å². The predicted octanol–water partition coefficient (Wildman–Crippen LogP) is 4.20. The average molecular weight is 400 g/mol. The first kappa shape index (κ1) is 18.9. The largest absolute Gasteiger partial charge is 0.418 e. The molecule has 9 heteroatoms. The minimum atomic E-state index is -4.49. The monoisotopic (exact) mass is 400 g/mol. The van der Waals surface area contributed by atoms with Gasteiger partial charge in [-0.05, 0) is 44.2 Å². The van der Waals surface area contributed by atoms with Gasteiger partial charge in [-0.1, -0.05) is 12.1 Å². The van der Waals surface area contributed by atoms with E-state index in [0.717, 1.165) is 22.9 Å². The highest BCUT2D eigenvalue weighted by Gasteiger charge is 2.33. The normalized spacial score (nSPS) is 19.1. The van der Waals surface area contributed by atoms with Crippen LogP contribution in [0.15, 0.2) is 59.5 Å². The van der Waals surface area contributed by atoms with Crippen LogP contribution in [0.1, 0.15) is 18.3 Å². The average Bonchev–Trinajstić information content (AvgIpc) is 2.97. The highest BCUT2D eigenvalue weighted by molar-refractivity contribution is 5.80. The highest BCUT2D eigenvalue weighted by Crippen LogP contribution is 2.35. The number of aromatic nitrogens is 2. The second-order valence-electron chi connectivity index (χ2n) is 7.00. The van der Waals surface area contributed by atoms with E-state index in [0.29, 0.717) is 11.5 Å². The molecule has 6 nitrogen and oxygen atoms in total. The summed E-state index contributed by atoms with van der Waals surface area (Å²) in [7, 11) is 0. The molecule has 1 aliphatic heterocycles. The van der Waals surface area contributed by atoms with E-state index < -0.39 is 17.4 Å². The quantitative estimate of drug-likeness (QED) is 0.576. The Bertz CT molecular complexity index is 1140. The molecule has 0 fully saturated rings. The second-order valence-corrected chi connectivity index (χ2v) is 7.00. The van der Waals surface area contributed by atoms with Gasteiger partial charge < -0.3 is 16.4 Å². The number of hydrogen-bond acceptors (Lipinski definition) is 5. The fourth-order valence-corrected chi connectivity index (χ4v) is 3.56. The van der Waals surface area contributed by atoms with Crippen LogP contribution in [0.25, 0.3) is 11.0 Å². The Morgan fingerprint density at radius 1 is 1.17 bits per heavy atom. The summed E-state index contributed by atoms with van der Waals surface area (Å²) in [5.41, 5.74) is 5.86. The van der Waals surface area contributed by atoms with E-state index in [1.807, 2.05) is 42.7 Å². The van der Waals surface area contributed by atoms with E-state index in [9.17, 15) is 13.2 Å². The first-order chi connectivity index (χ1) is 13.7. The summed E-state index contributed by atoms with van der Waals surface area (Å²) in [5.74, 6) is 1.32. The van der Waals surface area contributed by atoms with Crippen LogP contribution in [-0.4, -0.2) is 15.8 Å². The standard InChI is InChI=1S/C20H19F3N6/c1-12-26-16-5-3-4-6-17(16)29(12)19(2)11-25-10-18(28-19)27-13-7-8-14(15(24)9-13)20(21,22)23/h3-11,27-28H,24H2,1-2H3. The molecule has 0 amide bonds. The molecule has 0 aliphatic carbocycles. The third-order valence-electron chi connectivity index (χ3n) is 4.75. The number of nitrogen functional groups attached to an aromatic ring is 1. The first-order valence-electron chi connectivity index (χ1n) is 8.88. The van der Waals surface area contributed by atoms with E-state index in [2.05, 4.69) is 20.6 Å². The topological polar surface area (TPSA) is 80.3 Å². The molecular weight excluding hydrogens is 381 g/mol. The lowest BCUT2D eigenvalue weighted by molar-refractivity contribution is -0.136. The lowest BCUT2D eigenvalue weighted by Crippen LogP contribution is -2.49. The van der Waals surface area contributed by atoms with Gasteiger partial charge in [0.2, 0.25) is 0 Å². The van der Waals surface area contributed by atoms with Crippen molar-refractivity contribution in [3.63, 3.8) is 0 Å². The van der Waals surface area contributed by atoms with E-state index >= 15 is 0 Å². The minimum Gasteiger partial charge on any atom is -0.398 e. The number of anilines is 2. The molecule has 1 unspecified atom stereocenters. The number of imidazole rings is 1. The predicted molar refractivity (Wildman–Crippen MR) is 107 cm³/mol. The van der Waals surface area contributed by atoms with Crippen molar-refractivity contribution in [2.24, 2.45) is 4.99 Å². The SMILES string of the molecule is Cc1nc2ccccc2n1C1(C)C=NC=C(Nc2ccc(C(F)(F)F)c(N)c2)N1. The lowest BCUT2D eigenvalue weighted by atomic mass is 10.1. The van der Waals surface area contributed by atoms with Crippen LogP contribution in [0, 0.1) is 6.92 Å². The van der Waals surface area contributed by atoms with Gasteiger partial charge in [0.15, 0.2) is 5.66 Å². The van der Waals surface area contributed by atoms with Crippen molar-refractivity contribution in [3.8, 4) is 0 Å². The van der Waals surface area contributed by atoms with Crippen LogP contribution in [0.4, 0.5) is 24.5 Å². The maximum atomic E-state index is 12.9. The summed E-state index contributed by atoms with van der Waals surface area (Å²) in [5, 5.41) is 6.38. The molecule has 2 aromatic carbocycles. The van der Waals surface area contributed by atoms with Crippen LogP contribution in [-0.2, 0) is 11.8 Å². The van der Waals surface area contributed by atoms with Crippen LogP contribution in [0.3, 0.4) is 0 Å². The maximum absolute atomic E-state index is 12.9. The Hall–Kier alpha value is -3.49. The number of benzene rings is 2. The molecule has 0 radical (unpaired) electrons. The van der Waals surface area contributed by atoms with Gasteiger partial charge in [0.1, 0.15) is 11.6 Å². The zero-order chi connectivity index (χ0) is 20.8. The van der Waals surface area contributed by atoms with Crippen molar-refractivity contribution < 1.29 is 13.2 Å². The lowest BCUT2D eigenvalue weighted by Gasteiger charge is -2.34. The van der Waals surface area contributed by atoms with Crippen LogP contribution in [0.2, 0.25) is 0 Å². The summed E-state index contributed by atoms with van der Waals surface area (Å²) in [6.45, 7) is 3.84. The van der Waals surface area contributed by atoms with Crippen molar-refractivity contribution >= 4 is 28.6 Å². The molecule has 0 saturated heterocycles. The molecule has 2 heterocycles. The van der Waals surface area contributed by atoms with Gasteiger partial charge >= 0.3 is 6.18 Å². The minimum absolute atomic E-state index is 0.346. The van der Waals surface area contributed by atoms with Gasteiger partial charge in [0, 0.05) is 11.4 Å². The van der Waals surface area contributed by atoms with Crippen molar-refractivity contribution in [2.45, 2.75) is 25.7 Å². The van der Waals surface area contributed by atoms with E-state index in [4.69, 9.17) is 5.73 Å². The fourth-order valence-electron chi connectivity index (χ4n) is 3.56. The maximum Gasteiger partial charge on any atom is 0.418 e. The number of fused-ring (bicyclic) bond motifs is 1. The van der Waals surface area contributed by atoms with Gasteiger partial charge in [-0.2, -0.15) is 13.2 Å². The zero-order valence-electron chi connectivity index (χ0n) is 15.7. The molecule has 150 valence electrons. The Morgan fingerprint density at radius 2 is 1.93 bits per heavy atom.